The van der Waals surface area contributed by atoms with E-state index in [4.69, 9.17) is 0 Å². The molecule has 0 aromatic carbocycles. The number of carbonyl (C=O) groups is 1. The van der Waals surface area contributed by atoms with Crippen molar-refractivity contribution in [2.24, 2.45) is 0 Å². The smallest absolute Gasteiger partial charge is 0.220 e. The van der Waals surface area contributed by atoms with Crippen LogP contribution in [0.4, 0.5) is 0 Å². The Bertz CT molecular complexity index is 741. The summed E-state index contributed by atoms with van der Waals surface area (Å²) < 4.78 is 0. The van der Waals surface area contributed by atoms with Gasteiger partial charge >= 0.3 is 0 Å². The van der Waals surface area contributed by atoms with E-state index in [1.54, 1.807) is 6.08 Å². The fourth-order valence-corrected chi connectivity index (χ4v) is 5.72. The zero-order valence-corrected chi connectivity index (χ0v) is 30.6. The van der Waals surface area contributed by atoms with Gasteiger partial charge in [0, 0.05) is 6.42 Å². The number of aliphatic hydroxyl groups excluding tert-OH is 2. The SMILES string of the molecule is CCC/C=C/C(O)C(CO)NC(=O)CCCCCCCCCCCCCCCCCC/C=C\C/C=C\C/C=C\CCCCCCC. The molecular formula is C42H77NO3. The van der Waals surface area contributed by atoms with Gasteiger partial charge in [0.15, 0.2) is 0 Å². The number of aliphatic hydroxyl groups is 2. The lowest BCUT2D eigenvalue weighted by atomic mass is 10.0. The van der Waals surface area contributed by atoms with Crippen molar-refractivity contribution >= 4 is 5.91 Å². The Morgan fingerprint density at radius 2 is 0.935 bits per heavy atom. The summed E-state index contributed by atoms with van der Waals surface area (Å²) in [4.78, 5) is 12.1. The van der Waals surface area contributed by atoms with E-state index in [-0.39, 0.29) is 12.5 Å². The van der Waals surface area contributed by atoms with Crippen molar-refractivity contribution in [3.05, 3.63) is 48.6 Å². The standard InChI is InChI=1S/C42H77NO3/c1-3-5-7-8-9-10-11-12-13-14-15-16-17-18-19-20-21-22-23-24-25-26-27-28-29-30-31-32-33-34-36-38-42(46)43-40(39-44)41(45)37-35-6-4-2/h11-12,14-15,17-18,35,37,40-41,44-45H,3-10,13,16,19-34,36,38-39H2,1-2H3,(H,43,46)/b12-11-,15-14-,18-17-,37-35+. The quantitative estimate of drug-likeness (QED) is 0.0475. The van der Waals surface area contributed by atoms with Crippen LogP contribution >= 0.6 is 0 Å². The lowest BCUT2D eigenvalue weighted by Gasteiger charge is -2.19. The summed E-state index contributed by atoms with van der Waals surface area (Å²) in [5.74, 6) is -0.0775. The lowest BCUT2D eigenvalue weighted by Crippen LogP contribution is -2.45. The summed E-state index contributed by atoms with van der Waals surface area (Å²) in [7, 11) is 0. The second-order valence-electron chi connectivity index (χ2n) is 13.3. The van der Waals surface area contributed by atoms with E-state index >= 15 is 0 Å². The summed E-state index contributed by atoms with van der Waals surface area (Å²) in [6.45, 7) is 4.10. The van der Waals surface area contributed by atoms with Gasteiger partial charge in [0.2, 0.25) is 5.91 Å². The van der Waals surface area contributed by atoms with Crippen molar-refractivity contribution in [3.63, 3.8) is 0 Å². The van der Waals surface area contributed by atoms with Crippen LogP contribution in [0.5, 0.6) is 0 Å². The highest BCUT2D eigenvalue weighted by Crippen LogP contribution is 2.15. The Morgan fingerprint density at radius 3 is 1.37 bits per heavy atom. The molecule has 268 valence electrons. The Morgan fingerprint density at radius 1 is 0.522 bits per heavy atom. The molecule has 0 saturated heterocycles. The molecule has 4 nitrogen and oxygen atoms in total. The Balaban J connectivity index is 3.37. The minimum atomic E-state index is -0.834. The molecule has 2 unspecified atom stereocenters. The third-order valence-corrected chi connectivity index (χ3v) is 8.79. The van der Waals surface area contributed by atoms with Crippen LogP contribution in [0.15, 0.2) is 48.6 Å². The Kier molecular flexibility index (Phi) is 36.4. The summed E-state index contributed by atoms with van der Waals surface area (Å²) in [6.07, 6.45) is 51.4. The third kappa shape index (κ3) is 33.7. The van der Waals surface area contributed by atoms with Gasteiger partial charge in [0.25, 0.3) is 0 Å². The summed E-state index contributed by atoms with van der Waals surface area (Å²) in [5.41, 5.74) is 0. The normalized spacial score (nSPS) is 13.6. The van der Waals surface area contributed by atoms with E-state index in [0.717, 1.165) is 38.5 Å². The molecule has 0 aromatic heterocycles. The molecule has 4 heteroatoms. The molecule has 46 heavy (non-hydrogen) atoms. The highest BCUT2D eigenvalue weighted by molar-refractivity contribution is 5.76. The van der Waals surface area contributed by atoms with Gasteiger partial charge in [-0.3, -0.25) is 4.79 Å². The maximum Gasteiger partial charge on any atom is 0.220 e. The van der Waals surface area contributed by atoms with Crippen LogP contribution in [-0.2, 0) is 4.79 Å². The number of hydrogen-bond donors (Lipinski definition) is 3. The van der Waals surface area contributed by atoms with Gasteiger partial charge in [-0.15, -0.1) is 0 Å². The van der Waals surface area contributed by atoms with E-state index in [1.807, 2.05) is 6.08 Å². The predicted molar refractivity (Wildman–Crippen MR) is 202 cm³/mol. The number of nitrogens with one attached hydrogen (secondary N) is 1. The fraction of sp³-hybridized carbons (Fsp3) is 0.786. The summed E-state index contributed by atoms with van der Waals surface area (Å²) in [5, 5.41) is 22.4. The molecule has 0 fully saturated rings. The molecule has 0 saturated carbocycles. The van der Waals surface area contributed by atoms with Crippen molar-refractivity contribution < 1.29 is 15.0 Å². The average Bonchev–Trinajstić information content (AvgIpc) is 3.06. The van der Waals surface area contributed by atoms with Crippen LogP contribution in [-0.4, -0.2) is 34.9 Å². The summed E-state index contributed by atoms with van der Waals surface area (Å²) >= 11 is 0. The van der Waals surface area contributed by atoms with Crippen LogP contribution in [0.3, 0.4) is 0 Å². The largest absolute Gasteiger partial charge is 0.394 e. The molecule has 0 radical (unpaired) electrons. The zero-order chi connectivity index (χ0) is 33.6. The maximum absolute atomic E-state index is 12.1. The van der Waals surface area contributed by atoms with Crippen molar-refractivity contribution in [3.8, 4) is 0 Å². The number of hydrogen-bond acceptors (Lipinski definition) is 3. The molecule has 0 aliphatic heterocycles. The van der Waals surface area contributed by atoms with E-state index in [9.17, 15) is 15.0 Å². The van der Waals surface area contributed by atoms with E-state index in [2.05, 4.69) is 55.6 Å². The first-order valence-electron chi connectivity index (χ1n) is 19.9. The number of amides is 1. The van der Waals surface area contributed by atoms with Crippen LogP contribution in [0, 0.1) is 0 Å². The van der Waals surface area contributed by atoms with Gasteiger partial charge in [-0.2, -0.15) is 0 Å². The molecule has 0 heterocycles. The zero-order valence-electron chi connectivity index (χ0n) is 30.6. The molecule has 0 aliphatic carbocycles. The van der Waals surface area contributed by atoms with Crippen molar-refractivity contribution in [2.75, 3.05) is 6.61 Å². The van der Waals surface area contributed by atoms with Crippen LogP contribution in [0.2, 0.25) is 0 Å². The molecule has 0 aromatic rings. The minimum Gasteiger partial charge on any atom is -0.394 e. The molecular weight excluding hydrogens is 566 g/mol. The Hall–Kier alpha value is -1.65. The molecule has 1 amide bonds. The first-order valence-corrected chi connectivity index (χ1v) is 19.9. The average molecular weight is 644 g/mol. The van der Waals surface area contributed by atoms with Crippen molar-refractivity contribution in [1.29, 1.82) is 0 Å². The van der Waals surface area contributed by atoms with E-state index < -0.39 is 12.1 Å². The molecule has 2 atom stereocenters. The Labute approximate surface area is 286 Å². The fourth-order valence-electron chi connectivity index (χ4n) is 5.72. The van der Waals surface area contributed by atoms with Gasteiger partial charge in [0.1, 0.15) is 0 Å². The van der Waals surface area contributed by atoms with E-state index in [0.29, 0.717) is 6.42 Å². The minimum absolute atomic E-state index is 0.0775. The van der Waals surface area contributed by atoms with Crippen LogP contribution in [0.25, 0.3) is 0 Å². The van der Waals surface area contributed by atoms with Gasteiger partial charge in [0.05, 0.1) is 18.8 Å². The highest BCUT2D eigenvalue weighted by Gasteiger charge is 2.17. The number of carbonyl (C=O) groups excluding carboxylic acids is 1. The lowest BCUT2D eigenvalue weighted by molar-refractivity contribution is -0.123. The van der Waals surface area contributed by atoms with Gasteiger partial charge < -0.3 is 15.5 Å². The number of allylic oxidation sites excluding steroid dienone is 7. The first kappa shape index (κ1) is 44.4. The summed E-state index contributed by atoms with van der Waals surface area (Å²) in [6, 6.07) is -0.617. The maximum atomic E-state index is 12.1. The highest BCUT2D eigenvalue weighted by atomic mass is 16.3. The van der Waals surface area contributed by atoms with Crippen LogP contribution in [0.1, 0.15) is 194 Å². The van der Waals surface area contributed by atoms with Crippen molar-refractivity contribution in [2.45, 2.75) is 206 Å². The second-order valence-corrected chi connectivity index (χ2v) is 13.3. The van der Waals surface area contributed by atoms with Crippen molar-refractivity contribution in [1.82, 2.24) is 5.32 Å². The second kappa shape index (κ2) is 37.8. The topological polar surface area (TPSA) is 69.6 Å². The molecule has 0 bridgehead atoms. The number of unbranched alkanes of at least 4 members (excludes halogenated alkanes) is 22. The molecule has 0 aliphatic rings. The predicted octanol–water partition coefficient (Wildman–Crippen LogP) is 12.0. The molecule has 3 N–H and O–H groups in total. The monoisotopic (exact) mass is 644 g/mol. The number of rotatable bonds is 35. The van der Waals surface area contributed by atoms with Crippen LogP contribution < -0.4 is 5.32 Å². The molecule has 0 rings (SSSR count). The van der Waals surface area contributed by atoms with Gasteiger partial charge in [-0.25, -0.2) is 0 Å². The van der Waals surface area contributed by atoms with Gasteiger partial charge in [-0.1, -0.05) is 184 Å². The first-order chi connectivity index (χ1) is 22.7. The third-order valence-electron chi connectivity index (χ3n) is 8.79. The van der Waals surface area contributed by atoms with Gasteiger partial charge in [-0.05, 0) is 51.4 Å². The molecule has 0 spiro atoms. The van der Waals surface area contributed by atoms with E-state index in [1.165, 1.54) is 135 Å².